The van der Waals surface area contributed by atoms with Gasteiger partial charge in [-0.25, -0.2) is 4.98 Å². The molecule has 1 aliphatic rings. The first-order valence-corrected chi connectivity index (χ1v) is 9.08. The number of benzene rings is 1. The van der Waals surface area contributed by atoms with Gasteiger partial charge in [0, 0.05) is 50.2 Å². The van der Waals surface area contributed by atoms with Crippen molar-refractivity contribution in [3.8, 4) is 11.3 Å². The van der Waals surface area contributed by atoms with Gasteiger partial charge in [-0.3, -0.25) is 14.0 Å². The molecule has 2 amide bonds. The lowest BCUT2D eigenvalue weighted by atomic mass is 10.2. The Labute approximate surface area is 149 Å². The topological polar surface area (TPSA) is 57.9 Å². The van der Waals surface area contributed by atoms with Crippen molar-refractivity contribution in [1.82, 2.24) is 19.2 Å². The molecule has 0 bridgehead atoms. The zero-order valence-electron chi connectivity index (χ0n) is 13.9. The maximum absolute atomic E-state index is 12.9. The number of fused-ring (bicyclic) bond motifs is 1. The van der Waals surface area contributed by atoms with Crippen LogP contribution >= 0.6 is 11.3 Å². The first kappa shape index (κ1) is 15.8. The highest BCUT2D eigenvalue weighted by Crippen LogP contribution is 2.24. The van der Waals surface area contributed by atoms with Crippen molar-refractivity contribution in [2.45, 2.75) is 6.92 Å². The highest BCUT2D eigenvalue weighted by atomic mass is 32.1. The Balaban J connectivity index is 1.58. The van der Waals surface area contributed by atoms with Crippen molar-refractivity contribution >= 4 is 28.1 Å². The summed E-state index contributed by atoms with van der Waals surface area (Å²) in [7, 11) is 0. The Morgan fingerprint density at radius 3 is 2.40 bits per heavy atom. The lowest BCUT2D eigenvalue weighted by molar-refractivity contribution is -0.130. The fourth-order valence-corrected chi connectivity index (χ4v) is 3.92. The number of amides is 2. The highest BCUT2D eigenvalue weighted by Gasteiger charge is 2.25. The molecular formula is C18H18N4O2S. The van der Waals surface area contributed by atoms with Crippen LogP contribution in [0.25, 0.3) is 16.2 Å². The van der Waals surface area contributed by atoms with E-state index in [-0.39, 0.29) is 11.8 Å². The molecule has 0 radical (unpaired) electrons. The van der Waals surface area contributed by atoms with Gasteiger partial charge >= 0.3 is 0 Å². The van der Waals surface area contributed by atoms with Gasteiger partial charge in [-0.15, -0.1) is 11.3 Å². The summed E-state index contributed by atoms with van der Waals surface area (Å²) in [5, 5.41) is 1.86. The molecule has 1 aliphatic heterocycles. The molecule has 0 saturated carbocycles. The van der Waals surface area contributed by atoms with Crippen LogP contribution in [0.5, 0.6) is 0 Å². The summed E-state index contributed by atoms with van der Waals surface area (Å²) in [6.07, 6.45) is 1.92. The molecule has 0 N–H and O–H groups in total. The average Bonchev–Trinajstić information content (AvgIpc) is 3.22. The molecule has 2 aromatic heterocycles. The maximum atomic E-state index is 12.9. The van der Waals surface area contributed by atoms with Gasteiger partial charge in [-0.05, 0) is 0 Å². The molecule has 3 aromatic rings. The lowest BCUT2D eigenvalue weighted by Gasteiger charge is -2.34. The van der Waals surface area contributed by atoms with Crippen molar-refractivity contribution in [1.29, 1.82) is 0 Å². The number of rotatable bonds is 2. The summed E-state index contributed by atoms with van der Waals surface area (Å²) in [6.45, 7) is 3.88. The molecule has 6 nitrogen and oxygen atoms in total. The zero-order chi connectivity index (χ0) is 17.4. The van der Waals surface area contributed by atoms with Gasteiger partial charge in [0.15, 0.2) is 4.96 Å². The Morgan fingerprint density at radius 1 is 1.04 bits per heavy atom. The molecule has 3 heterocycles. The minimum atomic E-state index is -0.00790. The molecule has 1 aromatic carbocycles. The number of nitrogens with zero attached hydrogens (tertiary/aromatic N) is 4. The van der Waals surface area contributed by atoms with E-state index in [2.05, 4.69) is 4.98 Å². The van der Waals surface area contributed by atoms with Crippen LogP contribution in [-0.4, -0.2) is 57.2 Å². The van der Waals surface area contributed by atoms with E-state index in [1.165, 1.54) is 11.3 Å². The monoisotopic (exact) mass is 354 g/mol. The fourth-order valence-electron chi connectivity index (χ4n) is 3.07. The summed E-state index contributed by atoms with van der Waals surface area (Å²) >= 11 is 1.47. The van der Waals surface area contributed by atoms with Gasteiger partial charge < -0.3 is 9.80 Å². The SMILES string of the molecule is CC(=O)N1CCN(C(=O)c2csc3nc(-c4ccccc4)cn23)CC1. The fraction of sp³-hybridized carbons (Fsp3) is 0.278. The summed E-state index contributed by atoms with van der Waals surface area (Å²) in [5.41, 5.74) is 2.53. The average molecular weight is 354 g/mol. The minimum Gasteiger partial charge on any atom is -0.339 e. The summed E-state index contributed by atoms with van der Waals surface area (Å²) in [5.74, 6) is 0.0543. The maximum Gasteiger partial charge on any atom is 0.271 e. The van der Waals surface area contributed by atoms with Crippen molar-refractivity contribution in [2.75, 3.05) is 26.2 Å². The largest absolute Gasteiger partial charge is 0.339 e. The smallest absolute Gasteiger partial charge is 0.271 e. The lowest BCUT2D eigenvalue weighted by Crippen LogP contribution is -2.50. The van der Waals surface area contributed by atoms with Crippen molar-refractivity contribution < 1.29 is 9.59 Å². The number of hydrogen-bond donors (Lipinski definition) is 0. The number of imidazole rings is 1. The normalized spacial score (nSPS) is 14.9. The van der Waals surface area contributed by atoms with E-state index in [4.69, 9.17) is 0 Å². The number of aromatic nitrogens is 2. The van der Waals surface area contributed by atoms with Crippen molar-refractivity contribution in [3.05, 3.63) is 47.6 Å². The standard InChI is InChI=1S/C18H18N4O2S/c1-13(23)20-7-9-21(10-8-20)17(24)16-12-25-18-19-15(11-22(16)18)14-5-3-2-4-6-14/h2-6,11-12H,7-10H2,1H3. The van der Waals surface area contributed by atoms with E-state index in [1.54, 1.807) is 11.8 Å². The Morgan fingerprint density at radius 2 is 1.72 bits per heavy atom. The second kappa shape index (κ2) is 6.33. The molecule has 7 heteroatoms. The summed E-state index contributed by atoms with van der Waals surface area (Å²) in [6, 6.07) is 9.94. The van der Waals surface area contributed by atoms with Crippen LogP contribution in [0.15, 0.2) is 41.9 Å². The predicted molar refractivity (Wildman–Crippen MR) is 96.7 cm³/mol. The molecule has 25 heavy (non-hydrogen) atoms. The van der Waals surface area contributed by atoms with Gasteiger partial charge in [-0.2, -0.15) is 0 Å². The molecule has 128 valence electrons. The van der Waals surface area contributed by atoms with Crippen LogP contribution in [0.1, 0.15) is 17.4 Å². The number of thiazole rings is 1. The number of carbonyl (C=O) groups excluding carboxylic acids is 2. The Hall–Kier alpha value is -2.67. The van der Waals surface area contributed by atoms with E-state index < -0.39 is 0 Å². The molecule has 1 saturated heterocycles. The van der Waals surface area contributed by atoms with Gasteiger partial charge in [-0.1, -0.05) is 30.3 Å². The second-order valence-electron chi connectivity index (χ2n) is 6.06. The van der Waals surface area contributed by atoms with E-state index in [0.29, 0.717) is 31.9 Å². The quantitative estimate of drug-likeness (QED) is 0.710. The van der Waals surface area contributed by atoms with Gasteiger partial charge in [0.2, 0.25) is 5.91 Å². The molecule has 4 rings (SSSR count). The summed E-state index contributed by atoms with van der Waals surface area (Å²) < 4.78 is 1.87. The van der Waals surface area contributed by atoms with Crippen LogP contribution in [0.4, 0.5) is 0 Å². The number of hydrogen-bond acceptors (Lipinski definition) is 4. The first-order chi connectivity index (χ1) is 12.1. The van der Waals surface area contributed by atoms with Gasteiger partial charge in [0.05, 0.1) is 5.69 Å². The molecule has 0 atom stereocenters. The van der Waals surface area contributed by atoms with Crippen LogP contribution in [0.3, 0.4) is 0 Å². The number of carbonyl (C=O) groups is 2. The van der Waals surface area contributed by atoms with Crippen LogP contribution in [0.2, 0.25) is 0 Å². The van der Waals surface area contributed by atoms with Crippen molar-refractivity contribution in [2.24, 2.45) is 0 Å². The molecule has 0 unspecified atom stereocenters. The summed E-state index contributed by atoms with van der Waals surface area (Å²) in [4.78, 5) is 33.3. The predicted octanol–water partition coefficient (Wildman–Crippen LogP) is 2.37. The zero-order valence-corrected chi connectivity index (χ0v) is 14.7. The van der Waals surface area contributed by atoms with Gasteiger partial charge in [0.25, 0.3) is 5.91 Å². The molecular weight excluding hydrogens is 336 g/mol. The van der Waals surface area contributed by atoms with Crippen LogP contribution in [0, 0.1) is 0 Å². The van der Waals surface area contributed by atoms with Gasteiger partial charge in [0.1, 0.15) is 5.69 Å². The van der Waals surface area contributed by atoms with E-state index in [1.807, 2.05) is 51.2 Å². The van der Waals surface area contributed by atoms with Crippen LogP contribution < -0.4 is 0 Å². The second-order valence-corrected chi connectivity index (χ2v) is 6.90. The first-order valence-electron chi connectivity index (χ1n) is 8.20. The molecule has 0 spiro atoms. The third-order valence-electron chi connectivity index (χ3n) is 4.51. The molecule has 1 fully saturated rings. The highest BCUT2D eigenvalue weighted by molar-refractivity contribution is 7.15. The Kier molecular flexibility index (Phi) is 4.01. The molecule has 0 aliphatic carbocycles. The Bertz CT molecular complexity index is 923. The van der Waals surface area contributed by atoms with E-state index >= 15 is 0 Å². The van der Waals surface area contributed by atoms with Crippen LogP contribution in [-0.2, 0) is 4.79 Å². The third-order valence-corrected chi connectivity index (χ3v) is 5.35. The van der Waals surface area contributed by atoms with E-state index in [9.17, 15) is 9.59 Å². The van der Waals surface area contributed by atoms with Crippen molar-refractivity contribution in [3.63, 3.8) is 0 Å². The minimum absolute atomic E-state index is 0.00790. The number of piperazine rings is 1. The third kappa shape index (κ3) is 2.91. The van der Waals surface area contributed by atoms with E-state index in [0.717, 1.165) is 16.2 Å².